The summed E-state index contributed by atoms with van der Waals surface area (Å²) in [4.78, 5) is 19.8. The number of aryl methyl sites for hydroxylation is 2. The molecule has 0 bridgehead atoms. The highest BCUT2D eigenvalue weighted by Gasteiger charge is 2.12. The Balaban J connectivity index is 0.000000791. The van der Waals surface area contributed by atoms with Crippen molar-refractivity contribution >= 4 is 5.91 Å². The fourth-order valence-electron chi connectivity index (χ4n) is 0.861. The number of aromatic amines is 1. The number of carbonyl (C=O) groups excluding carboxylic acids is 1. The first-order chi connectivity index (χ1) is 6.52. The summed E-state index contributed by atoms with van der Waals surface area (Å²) in [5.41, 5.74) is 1.82. The zero-order valence-corrected chi connectivity index (χ0v) is 9.80. The standard InChI is InChI=1S/C8H13N3O.C2H6/c1-5-6(2)10-7(9-5)8(12)11(3)4;1-2/h1-4H3,(H,9,10);1-2H3. The first-order valence-corrected chi connectivity index (χ1v) is 4.77. The number of hydrogen-bond donors (Lipinski definition) is 1. The van der Waals surface area contributed by atoms with Crippen LogP contribution in [0.15, 0.2) is 0 Å². The third-order valence-electron chi connectivity index (χ3n) is 1.74. The Hall–Kier alpha value is -1.32. The maximum Gasteiger partial charge on any atom is 0.289 e. The van der Waals surface area contributed by atoms with E-state index in [0.29, 0.717) is 5.82 Å². The molecule has 0 atom stereocenters. The second-order valence-corrected chi connectivity index (χ2v) is 3.00. The van der Waals surface area contributed by atoms with E-state index in [2.05, 4.69) is 9.97 Å². The smallest absolute Gasteiger partial charge is 0.289 e. The lowest BCUT2D eigenvalue weighted by molar-refractivity contribution is 0.0816. The van der Waals surface area contributed by atoms with Gasteiger partial charge in [0.15, 0.2) is 5.82 Å². The number of nitrogens with one attached hydrogen (secondary N) is 1. The van der Waals surface area contributed by atoms with Gasteiger partial charge < -0.3 is 9.88 Å². The van der Waals surface area contributed by atoms with E-state index in [-0.39, 0.29) is 5.91 Å². The second-order valence-electron chi connectivity index (χ2n) is 3.00. The van der Waals surface area contributed by atoms with Gasteiger partial charge in [-0.15, -0.1) is 0 Å². The quantitative estimate of drug-likeness (QED) is 0.745. The molecule has 0 aromatic carbocycles. The predicted octanol–water partition coefficient (Wildman–Crippen LogP) is 1.75. The lowest BCUT2D eigenvalue weighted by Crippen LogP contribution is -2.22. The van der Waals surface area contributed by atoms with E-state index in [1.807, 2.05) is 27.7 Å². The van der Waals surface area contributed by atoms with Crippen LogP contribution < -0.4 is 0 Å². The number of amides is 1. The van der Waals surface area contributed by atoms with Gasteiger partial charge in [-0.25, -0.2) is 4.98 Å². The zero-order chi connectivity index (χ0) is 11.3. The Morgan fingerprint density at radius 3 is 2.07 bits per heavy atom. The maximum atomic E-state index is 11.3. The van der Waals surface area contributed by atoms with E-state index >= 15 is 0 Å². The minimum atomic E-state index is -0.0915. The summed E-state index contributed by atoms with van der Waals surface area (Å²) in [7, 11) is 3.41. The molecule has 0 saturated heterocycles. The molecule has 1 amide bonds. The van der Waals surface area contributed by atoms with E-state index in [0.717, 1.165) is 11.4 Å². The molecular weight excluding hydrogens is 178 g/mol. The molecule has 4 nitrogen and oxygen atoms in total. The van der Waals surface area contributed by atoms with Gasteiger partial charge in [-0.1, -0.05) is 13.8 Å². The van der Waals surface area contributed by atoms with Crippen molar-refractivity contribution in [1.29, 1.82) is 0 Å². The largest absolute Gasteiger partial charge is 0.342 e. The molecule has 0 aliphatic rings. The molecule has 1 aromatic rings. The van der Waals surface area contributed by atoms with Crippen molar-refractivity contribution in [3.8, 4) is 0 Å². The van der Waals surface area contributed by atoms with Crippen molar-refractivity contribution in [2.24, 2.45) is 0 Å². The third kappa shape index (κ3) is 2.87. The first-order valence-electron chi connectivity index (χ1n) is 4.77. The number of H-pyrrole nitrogens is 1. The van der Waals surface area contributed by atoms with Gasteiger partial charge in [0, 0.05) is 19.8 Å². The van der Waals surface area contributed by atoms with Crippen LogP contribution in [-0.4, -0.2) is 34.9 Å². The van der Waals surface area contributed by atoms with Crippen LogP contribution in [0.5, 0.6) is 0 Å². The molecular formula is C10H19N3O. The van der Waals surface area contributed by atoms with Gasteiger partial charge in [-0.05, 0) is 13.8 Å². The van der Waals surface area contributed by atoms with Crippen LogP contribution in [0.25, 0.3) is 0 Å². The predicted molar refractivity (Wildman–Crippen MR) is 57.4 cm³/mol. The van der Waals surface area contributed by atoms with Crippen molar-refractivity contribution < 1.29 is 4.79 Å². The Labute approximate surface area is 85.3 Å². The van der Waals surface area contributed by atoms with Crippen molar-refractivity contribution in [3.05, 3.63) is 17.2 Å². The highest BCUT2D eigenvalue weighted by molar-refractivity contribution is 5.90. The summed E-state index contributed by atoms with van der Waals surface area (Å²) in [5.74, 6) is 0.321. The monoisotopic (exact) mass is 197 g/mol. The average Bonchev–Trinajstić information content (AvgIpc) is 2.49. The molecule has 1 aromatic heterocycles. The molecule has 0 fully saturated rings. The van der Waals surface area contributed by atoms with Gasteiger partial charge in [0.1, 0.15) is 0 Å². The maximum absolute atomic E-state index is 11.3. The van der Waals surface area contributed by atoms with Crippen molar-refractivity contribution in [2.75, 3.05) is 14.1 Å². The number of rotatable bonds is 1. The molecule has 0 saturated carbocycles. The third-order valence-corrected chi connectivity index (χ3v) is 1.74. The fourth-order valence-corrected chi connectivity index (χ4v) is 0.861. The Morgan fingerprint density at radius 1 is 1.29 bits per heavy atom. The van der Waals surface area contributed by atoms with E-state index in [9.17, 15) is 4.79 Å². The highest BCUT2D eigenvalue weighted by Crippen LogP contribution is 2.03. The minimum absolute atomic E-state index is 0.0915. The van der Waals surface area contributed by atoms with Crippen molar-refractivity contribution in [2.45, 2.75) is 27.7 Å². The summed E-state index contributed by atoms with van der Waals surface area (Å²) in [6, 6.07) is 0. The van der Waals surface area contributed by atoms with Gasteiger partial charge in [0.05, 0.1) is 5.69 Å². The lowest BCUT2D eigenvalue weighted by atomic mass is 10.4. The fraction of sp³-hybridized carbons (Fsp3) is 0.600. The van der Waals surface area contributed by atoms with Crippen LogP contribution in [-0.2, 0) is 0 Å². The van der Waals surface area contributed by atoms with Gasteiger partial charge in [0.25, 0.3) is 5.91 Å². The SMILES string of the molecule is CC.Cc1nc(C(=O)N(C)C)[nH]c1C. The lowest BCUT2D eigenvalue weighted by Gasteiger charge is -2.06. The highest BCUT2D eigenvalue weighted by atomic mass is 16.2. The zero-order valence-electron chi connectivity index (χ0n) is 9.80. The van der Waals surface area contributed by atoms with Crippen molar-refractivity contribution in [3.63, 3.8) is 0 Å². The summed E-state index contributed by atoms with van der Waals surface area (Å²) >= 11 is 0. The van der Waals surface area contributed by atoms with Crippen LogP contribution >= 0.6 is 0 Å². The molecule has 0 unspecified atom stereocenters. The van der Waals surface area contributed by atoms with Crippen LogP contribution in [0, 0.1) is 13.8 Å². The average molecular weight is 197 g/mol. The first kappa shape index (κ1) is 12.7. The number of nitrogens with zero attached hydrogens (tertiary/aromatic N) is 2. The summed E-state index contributed by atoms with van der Waals surface area (Å²) in [6.07, 6.45) is 0. The number of imidazole rings is 1. The Kier molecular flexibility index (Phi) is 4.91. The molecule has 4 heteroatoms. The Morgan fingerprint density at radius 2 is 1.79 bits per heavy atom. The van der Waals surface area contributed by atoms with E-state index < -0.39 is 0 Å². The molecule has 0 aliphatic carbocycles. The van der Waals surface area contributed by atoms with Gasteiger partial charge >= 0.3 is 0 Å². The van der Waals surface area contributed by atoms with E-state index in [1.165, 1.54) is 4.90 Å². The Bertz CT molecular complexity index is 283. The van der Waals surface area contributed by atoms with Crippen LogP contribution in [0.1, 0.15) is 35.9 Å². The van der Waals surface area contributed by atoms with Gasteiger partial charge in [0.2, 0.25) is 0 Å². The van der Waals surface area contributed by atoms with E-state index in [4.69, 9.17) is 0 Å². The van der Waals surface area contributed by atoms with Crippen LogP contribution in [0.4, 0.5) is 0 Å². The van der Waals surface area contributed by atoms with Crippen LogP contribution in [0.2, 0.25) is 0 Å². The minimum Gasteiger partial charge on any atom is -0.342 e. The number of carbonyl (C=O) groups is 1. The molecule has 1 heterocycles. The molecule has 0 aliphatic heterocycles. The molecule has 0 spiro atoms. The second kappa shape index (κ2) is 5.42. The summed E-state index contributed by atoms with van der Waals surface area (Å²) in [6.45, 7) is 7.77. The molecule has 0 radical (unpaired) electrons. The number of hydrogen-bond acceptors (Lipinski definition) is 2. The van der Waals surface area contributed by atoms with E-state index in [1.54, 1.807) is 14.1 Å². The molecule has 1 N–H and O–H groups in total. The summed E-state index contributed by atoms with van der Waals surface area (Å²) < 4.78 is 0. The van der Waals surface area contributed by atoms with Crippen LogP contribution in [0.3, 0.4) is 0 Å². The molecule has 1 rings (SSSR count). The topological polar surface area (TPSA) is 49.0 Å². The summed E-state index contributed by atoms with van der Waals surface area (Å²) in [5, 5.41) is 0. The normalized spacial score (nSPS) is 9.00. The molecule has 14 heavy (non-hydrogen) atoms. The molecule has 80 valence electrons. The van der Waals surface area contributed by atoms with Gasteiger partial charge in [-0.3, -0.25) is 4.79 Å². The van der Waals surface area contributed by atoms with Crippen molar-refractivity contribution in [1.82, 2.24) is 14.9 Å². The number of aromatic nitrogens is 2. The van der Waals surface area contributed by atoms with Gasteiger partial charge in [-0.2, -0.15) is 0 Å².